The van der Waals surface area contributed by atoms with E-state index in [1.165, 1.54) is 12.5 Å². The van der Waals surface area contributed by atoms with Crippen LogP contribution in [-0.2, 0) is 0 Å². The number of nitrogens with two attached hydrogens (primary N) is 1. The van der Waals surface area contributed by atoms with Gasteiger partial charge in [-0.2, -0.15) is 5.10 Å². The molecule has 5 heteroatoms. The van der Waals surface area contributed by atoms with Crippen molar-refractivity contribution in [3.8, 4) is 0 Å². The average Bonchev–Trinajstić information content (AvgIpc) is 2.51. The summed E-state index contributed by atoms with van der Waals surface area (Å²) < 4.78 is 4.82. The normalized spacial score (nSPS) is 11.2. The van der Waals surface area contributed by atoms with Crippen LogP contribution in [0.25, 0.3) is 0 Å². The van der Waals surface area contributed by atoms with Crippen molar-refractivity contribution in [2.75, 3.05) is 0 Å². The Kier molecular flexibility index (Phi) is 2.47. The third-order valence-electron chi connectivity index (χ3n) is 1.27. The van der Waals surface area contributed by atoms with Gasteiger partial charge in [0.05, 0.1) is 18.2 Å². The molecule has 0 bridgehead atoms. The summed E-state index contributed by atoms with van der Waals surface area (Å²) in [4.78, 5) is 10.3. The number of hydrogen-bond donors (Lipinski definition) is 2. The zero-order chi connectivity index (χ0) is 8.97. The zero-order valence-electron chi connectivity index (χ0n) is 6.57. The van der Waals surface area contributed by atoms with Crippen LogP contribution in [0.5, 0.6) is 0 Å². The van der Waals surface area contributed by atoms with Crippen molar-refractivity contribution in [3.63, 3.8) is 0 Å². The van der Waals surface area contributed by atoms with Crippen LogP contribution in [0.4, 0.5) is 4.79 Å². The van der Waals surface area contributed by atoms with Gasteiger partial charge in [0, 0.05) is 5.56 Å². The highest BCUT2D eigenvalue weighted by Gasteiger charge is 1.97. The van der Waals surface area contributed by atoms with E-state index in [0.717, 1.165) is 5.56 Å². The van der Waals surface area contributed by atoms with Crippen LogP contribution < -0.4 is 11.2 Å². The number of rotatable bonds is 2. The van der Waals surface area contributed by atoms with Crippen LogP contribution in [0.3, 0.4) is 0 Å². The first-order valence-electron chi connectivity index (χ1n) is 3.32. The zero-order valence-corrected chi connectivity index (χ0v) is 6.57. The number of hydrazone groups is 1. The number of primary amides is 1. The lowest BCUT2D eigenvalue weighted by Gasteiger charge is -1.94. The number of hydrogen-bond acceptors (Lipinski definition) is 3. The molecular weight excluding hydrogens is 158 g/mol. The maximum atomic E-state index is 10.3. The molecule has 0 aliphatic heterocycles. The highest BCUT2D eigenvalue weighted by atomic mass is 16.3. The Morgan fingerprint density at radius 1 is 1.75 bits per heavy atom. The summed E-state index contributed by atoms with van der Waals surface area (Å²) in [7, 11) is 0. The lowest BCUT2D eigenvalue weighted by molar-refractivity contribution is 0.249. The minimum Gasteiger partial charge on any atom is -0.472 e. The van der Waals surface area contributed by atoms with E-state index in [2.05, 4.69) is 10.5 Å². The fourth-order valence-electron chi connectivity index (χ4n) is 0.674. The Bertz CT molecular complexity index is 290. The second-order valence-corrected chi connectivity index (χ2v) is 2.19. The molecule has 0 aromatic carbocycles. The van der Waals surface area contributed by atoms with Crippen molar-refractivity contribution < 1.29 is 9.21 Å². The lowest BCUT2D eigenvalue weighted by Crippen LogP contribution is -2.25. The van der Waals surface area contributed by atoms with E-state index < -0.39 is 6.03 Å². The summed E-state index contributed by atoms with van der Waals surface area (Å²) in [5, 5.41) is 3.70. The summed E-state index contributed by atoms with van der Waals surface area (Å²) >= 11 is 0. The molecule has 0 unspecified atom stereocenters. The molecule has 0 aliphatic rings. The molecule has 0 saturated carbocycles. The van der Waals surface area contributed by atoms with Crippen LogP contribution >= 0.6 is 0 Å². The second-order valence-electron chi connectivity index (χ2n) is 2.19. The number of furan rings is 1. The Balaban J connectivity index is 2.65. The predicted molar refractivity (Wildman–Crippen MR) is 43.6 cm³/mol. The Morgan fingerprint density at radius 3 is 3.00 bits per heavy atom. The molecule has 0 spiro atoms. The molecule has 0 fully saturated rings. The number of amides is 2. The standard InChI is InChI=1S/C7H9N3O2/c1-5(9-10-7(8)11)6-2-3-12-4-6/h2-4H,1H3,(H3,8,10,11)/b9-5+. The Morgan fingerprint density at radius 2 is 2.50 bits per heavy atom. The highest BCUT2D eigenvalue weighted by Crippen LogP contribution is 2.00. The smallest absolute Gasteiger partial charge is 0.332 e. The van der Waals surface area contributed by atoms with Crippen LogP contribution in [0, 0.1) is 0 Å². The number of nitrogens with one attached hydrogen (secondary N) is 1. The first-order chi connectivity index (χ1) is 5.70. The maximum Gasteiger partial charge on any atom is 0.332 e. The second kappa shape index (κ2) is 3.56. The van der Waals surface area contributed by atoms with Crippen LogP contribution in [-0.4, -0.2) is 11.7 Å². The third kappa shape index (κ3) is 2.12. The third-order valence-corrected chi connectivity index (χ3v) is 1.27. The molecule has 12 heavy (non-hydrogen) atoms. The first-order valence-corrected chi connectivity index (χ1v) is 3.32. The van der Waals surface area contributed by atoms with Crippen LogP contribution in [0.2, 0.25) is 0 Å². The Hall–Kier alpha value is -1.78. The van der Waals surface area contributed by atoms with Gasteiger partial charge in [0.2, 0.25) is 0 Å². The molecule has 1 rings (SSSR count). The average molecular weight is 167 g/mol. The maximum absolute atomic E-state index is 10.3. The van der Waals surface area contributed by atoms with Crippen LogP contribution in [0.1, 0.15) is 12.5 Å². The number of urea groups is 1. The van der Waals surface area contributed by atoms with E-state index in [1.54, 1.807) is 13.0 Å². The molecule has 1 heterocycles. The molecule has 64 valence electrons. The lowest BCUT2D eigenvalue weighted by atomic mass is 10.2. The minimum atomic E-state index is -0.683. The fourth-order valence-corrected chi connectivity index (χ4v) is 0.674. The monoisotopic (exact) mass is 167 g/mol. The molecule has 1 aromatic heterocycles. The summed E-state index contributed by atoms with van der Waals surface area (Å²) in [5.41, 5.74) is 8.38. The predicted octanol–water partition coefficient (Wildman–Crippen LogP) is 0.672. The molecule has 2 amide bonds. The highest BCUT2D eigenvalue weighted by molar-refractivity contribution is 5.98. The van der Waals surface area contributed by atoms with Crippen molar-refractivity contribution in [2.45, 2.75) is 6.92 Å². The van der Waals surface area contributed by atoms with Crippen molar-refractivity contribution in [2.24, 2.45) is 10.8 Å². The fraction of sp³-hybridized carbons (Fsp3) is 0.143. The van der Waals surface area contributed by atoms with Crippen molar-refractivity contribution in [1.29, 1.82) is 0 Å². The van der Waals surface area contributed by atoms with E-state index >= 15 is 0 Å². The Labute approximate surface area is 69.2 Å². The van der Waals surface area contributed by atoms with Gasteiger partial charge in [0.15, 0.2) is 0 Å². The summed E-state index contributed by atoms with van der Waals surface area (Å²) in [6.45, 7) is 1.74. The first kappa shape index (κ1) is 8.32. The van der Waals surface area contributed by atoms with Gasteiger partial charge in [-0.25, -0.2) is 10.2 Å². The summed E-state index contributed by atoms with van der Waals surface area (Å²) in [6.07, 6.45) is 3.06. The number of carbonyl (C=O) groups is 1. The van der Waals surface area contributed by atoms with Crippen LogP contribution in [0.15, 0.2) is 28.1 Å². The van der Waals surface area contributed by atoms with E-state index in [0.29, 0.717) is 5.71 Å². The summed E-state index contributed by atoms with van der Waals surface area (Å²) in [5.74, 6) is 0. The quantitative estimate of drug-likeness (QED) is 0.501. The molecule has 0 aliphatic carbocycles. The SMILES string of the molecule is C/C(=N\NC(N)=O)c1ccoc1. The van der Waals surface area contributed by atoms with Gasteiger partial charge in [-0.05, 0) is 13.0 Å². The minimum absolute atomic E-state index is 0.641. The van der Waals surface area contributed by atoms with Crippen molar-refractivity contribution in [3.05, 3.63) is 24.2 Å². The number of carbonyl (C=O) groups excluding carboxylic acids is 1. The van der Waals surface area contributed by atoms with Gasteiger partial charge in [-0.1, -0.05) is 0 Å². The molecule has 0 saturated heterocycles. The molecular formula is C7H9N3O2. The van der Waals surface area contributed by atoms with Gasteiger partial charge in [0.25, 0.3) is 0 Å². The van der Waals surface area contributed by atoms with E-state index in [-0.39, 0.29) is 0 Å². The van der Waals surface area contributed by atoms with Gasteiger partial charge in [-0.15, -0.1) is 0 Å². The molecule has 0 radical (unpaired) electrons. The number of nitrogens with zero attached hydrogens (tertiary/aromatic N) is 1. The van der Waals surface area contributed by atoms with E-state index in [1.807, 2.05) is 0 Å². The van der Waals surface area contributed by atoms with Gasteiger partial charge in [0.1, 0.15) is 0 Å². The van der Waals surface area contributed by atoms with Crippen molar-refractivity contribution >= 4 is 11.7 Å². The molecule has 3 N–H and O–H groups in total. The molecule has 5 nitrogen and oxygen atoms in total. The largest absolute Gasteiger partial charge is 0.472 e. The molecule has 0 atom stereocenters. The van der Waals surface area contributed by atoms with E-state index in [9.17, 15) is 4.79 Å². The van der Waals surface area contributed by atoms with Gasteiger partial charge in [-0.3, -0.25) is 0 Å². The van der Waals surface area contributed by atoms with Gasteiger partial charge >= 0.3 is 6.03 Å². The van der Waals surface area contributed by atoms with E-state index in [4.69, 9.17) is 10.2 Å². The molecule has 1 aromatic rings. The topological polar surface area (TPSA) is 80.6 Å². The van der Waals surface area contributed by atoms with Crippen molar-refractivity contribution in [1.82, 2.24) is 5.43 Å². The van der Waals surface area contributed by atoms with Gasteiger partial charge < -0.3 is 10.2 Å². The summed E-state index contributed by atoms with van der Waals surface area (Å²) in [6, 6.07) is 1.06.